The molecule has 1 amide bonds. The van der Waals surface area contributed by atoms with Crippen LogP contribution in [0.2, 0.25) is 5.02 Å². The fourth-order valence-corrected chi connectivity index (χ4v) is 4.13. The summed E-state index contributed by atoms with van der Waals surface area (Å²) in [6.45, 7) is 1.65. The molecule has 0 aliphatic heterocycles. The van der Waals surface area contributed by atoms with Gasteiger partial charge in [-0.25, -0.2) is 8.42 Å². The molecule has 0 unspecified atom stereocenters. The molecule has 0 aliphatic rings. The predicted molar refractivity (Wildman–Crippen MR) is 113 cm³/mol. The minimum Gasteiger partial charge on any atom is -0.322 e. The van der Waals surface area contributed by atoms with Crippen LogP contribution in [-0.4, -0.2) is 18.9 Å². The minimum absolute atomic E-state index is 0.0132. The monoisotopic (exact) mass is 431 g/mol. The van der Waals surface area contributed by atoms with Crippen LogP contribution in [-0.2, 0) is 17.1 Å². The zero-order valence-corrected chi connectivity index (χ0v) is 17.2. The number of nitrogens with one attached hydrogen (secondary N) is 2. The van der Waals surface area contributed by atoms with Gasteiger partial charge in [-0.1, -0.05) is 23.7 Å². The first-order chi connectivity index (χ1) is 13.7. The van der Waals surface area contributed by atoms with E-state index in [1.54, 1.807) is 44.3 Å². The summed E-state index contributed by atoms with van der Waals surface area (Å²) in [5.41, 5.74) is 0.969. The van der Waals surface area contributed by atoms with E-state index in [0.717, 1.165) is 0 Å². The van der Waals surface area contributed by atoms with Crippen molar-refractivity contribution in [1.29, 1.82) is 0 Å². The molecule has 2 N–H and O–H groups in total. The van der Waals surface area contributed by atoms with Crippen molar-refractivity contribution >= 4 is 38.9 Å². The van der Waals surface area contributed by atoms with Gasteiger partial charge in [-0.2, -0.15) is 0 Å². The predicted octanol–water partition coefficient (Wildman–Crippen LogP) is 3.40. The van der Waals surface area contributed by atoms with Gasteiger partial charge in [-0.3, -0.25) is 14.3 Å². The number of hydrogen-bond acceptors (Lipinski definition) is 4. The van der Waals surface area contributed by atoms with E-state index in [2.05, 4.69) is 10.0 Å². The summed E-state index contributed by atoms with van der Waals surface area (Å²) in [5.74, 6) is -0.516. The molecule has 0 fully saturated rings. The Morgan fingerprint density at radius 2 is 1.79 bits per heavy atom. The third-order valence-corrected chi connectivity index (χ3v) is 5.94. The molecule has 0 saturated carbocycles. The lowest BCUT2D eigenvalue weighted by Crippen LogP contribution is -2.20. The number of sulfonamides is 1. The molecule has 0 aliphatic carbocycles. The zero-order chi connectivity index (χ0) is 21.2. The van der Waals surface area contributed by atoms with Crippen molar-refractivity contribution in [2.75, 3.05) is 10.0 Å². The summed E-state index contributed by atoms with van der Waals surface area (Å²) in [4.78, 5) is 24.1. The van der Waals surface area contributed by atoms with Crippen LogP contribution in [0.4, 0.5) is 11.4 Å². The lowest BCUT2D eigenvalue weighted by molar-refractivity contribution is 0.102. The quantitative estimate of drug-likeness (QED) is 0.646. The number of halogens is 1. The number of rotatable bonds is 5. The number of aromatic nitrogens is 1. The molecular formula is C20H18ClN3O4S. The van der Waals surface area contributed by atoms with E-state index in [1.165, 1.54) is 35.0 Å². The second-order valence-corrected chi connectivity index (χ2v) is 8.50. The van der Waals surface area contributed by atoms with E-state index >= 15 is 0 Å². The molecule has 3 rings (SSSR count). The summed E-state index contributed by atoms with van der Waals surface area (Å²) in [5, 5.41) is 3.02. The molecule has 7 nitrogen and oxygen atoms in total. The molecule has 1 aromatic heterocycles. The highest BCUT2D eigenvalue weighted by Gasteiger charge is 2.19. The van der Waals surface area contributed by atoms with Gasteiger partial charge >= 0.3 is 0 Å². The van der Waals surface area contributed by atoms with Crippen molar-refractivity contribution in [2.45, 2.75) is 11.8 Å². The van der Waals surface area contributed by atoms with Gasteiger partial charge in [-0.05, 0) is 48.9 Å². The number of amides is 1. The van der Waals surface area contributed by atoms with E-state index in [9.17, 15) is 18.0 Å². The molecule has 0 spiro atoms. The third kappa shape index (κ3) is 4.85. The maximum absolute atomic E-state index is 12.8. The molecule has 9 heteroatoms. The van der Waals surface area contributed by atoms with Gasteiger partial charge in [0, 0.05) is 35.6 Å². The normalized spacial score (nSPS) is 11.1. The summed E-state index contributed by atoms with van der Waals surface area (Å²) < 4.78 is 29.4. The Hall–Kier alpha value is -3.10. The molecule has 150 valence electrons. The molecule has 1 heterocycles. The first-order valence-electron chi connectivity index (χ1n) is 8.53. The number of pyridine rings is 1. The zero-order valence-electron chi connectivity index (χ0n) is 15.6. The molecule has 29 heavy (non-hydrogen) atoms. The molecule has 0 saturated heterocycles. The van der Waals surface area contributed by atoms with Gasteiger partial charge in [0.15, 0.2) is 0 Å². The highest BCUT2D eigenvalue weighted by atomic mass is 35.5. The van der Waals surface area contributed by atoms with Gasteiger partial charge in [-0.15, -0.1) is 0 Å². The summed E-state index contributed by atoms with van der Waals surface area (Å²) in [6.07, 6.45) is 1.48. The van der Waals surface area contributed by atoms with Gasteiger partial charge in [0.2, 0.25) is 0 Å². The minimum atomic E-state index is -3.91. The van der Waals surface area contributed by atoms with Crippen LogP contribution >= 0.6 is 11.6 Å². The van der Waals surface area contributed by atoms with Crippen molar-refractivity contribution in [1.82, 2.24) is 4.57 Å². The van der Waals surface area contributed by atoms with Crippen LogP contribution in [0.3, 0.4) is 0 Å². The van der Waals surface area contributed by atoms with Crippen LogP contribution in [0.15, 0.2) is 70.5 Å². The molecule has 3 aromatic rings. The van der Waals surface area contributed by atoms with Gasteiger partial charge in [0.05, 0.1) is 10.6 Å². The Labute approximate surface area is 173 Å². The third-order valence-electron chi connectivity index (χ3n) is 4.18. The molecule has 2 aromatic carbocycles. The highest BCUT2D eigenvalue weighted by Crippen LogP contribution is 2.24. The van der Waals surface area contributed by atoms with E-state index in [-0.39, 0.29) is 21.7 Å². The average molecular weight is 432 g/mol. The lowest BCUT2D eigenvalue weighted by Gasteiger charge is -2.13. The van der Waals surface area contributed by atoms with Crippen LogP contribution in [0.5, 0.6) is 0 Å². The number of benzene rings is 2. The number of aryl methyl sites for hydroxylation is 2. The second kappa shape index (κ2) is 8.10. The average Bonchev–Trinajstić information content (AvgIpc) is 2.65. The second-order valence-electron chi connectivity index (χ2n) is 6.41. The first kappa shape index (κ1) is 20.6. The van der Waals surface area contributed by atoms with Crippen LogP contribution in [0, 0.1) is 6.92 Å². The molecule has 0 bridgehead atoms. The van der Waals surface area contributed by atoms with Crippen molar-refractivity contribution < 1.29 is 13.2 Å². The number of hydrogen-bond donors (Lipinski definition) is 2. The maximum atomic E-state index is 12.8. The Balaban J connectivity index is 1.88. The van der Waals surface area contributed by atoms with Crippen molar-refractivity contribution in [3.8, 4) is 0 Å². The van der Waals surface area contributed by atoms with Crippen LogP contribution in [0.25, 0.3) is 0 Å². The fraction of sp³-hybridized carbons (Fsp3) is 0.100. The molecular weight excluding hydrogens is 414 g/mol. The number of carbonyl (C=O) groups excluding carboxylic acids is 1. The van der Waals surface area contributed by atoms with Crippen molar-refractivity contribution in [3.05, 3.63) is 87.3 Å². The van der Waals surface area contributed by atoms with E-state index in [0.29, 0.717) is 16.3 Å². The Kier molecular flexibility index (Phi) is 5.76. The van der Waals surface area contributed by atoms with Crippen molar-refractivity contribution in [3.63, 3.8) is 0 Å². The number of anilines is 2. The Morgan fingerprint density at radius 3 is 2.48 bits per heavy atom. The lowest BCUT2D eigenvalue weighted by atomic mass is 10.2. The fourth-order valence-electron chi connectivity index (χ4n) is 2.62. The Bertz CT molecular complexity index is 1250. The topological polar surface area (TPSA) is 97.3 Å². The number of carbonyl (C=O) groups is 1. The van der Waals surface area contributed by atoms with Crippen LogP contribution in [0.1, 0.15) is 15.9 Å². The van der Waals surface area contributed by atoms with Gasteiger partial charge < -0.3 is 9.88 Å². The standard InChI is InChI=1S/C20H18ClN3O4S/c1-13-6-7-16(22-20(26)14-8-9-24(2)19(25)10-14)12-18(13)29(27,28)23-17-5-3-4-15(21)11-17/h3-12,23H,1-2H3,(H,22,26). The summed E-state index contributed by atoms with van der Waals surface area (Å²) in [6, 6.07) is 13.6. The summed E-state index contributed by atoms with van der Waals surface area (Å²) >= 11 is 5.91. The smallest absolute Gasteiger partial charge is 0.262 e. The molecule has 0 atom stereocenters. The van der Waals surface area contributed by atoms with Crippen LogP contribution < -0.4 is 15.6 Å². The first-order valence-corrected chi connectivity index (χ1v) is 10.4. The molecule has 0 radical (unpaired) electrons. The summed E-state index contributed by atoms with van der Waals surface area (Å²) in [7, 11) is -2.33. The SMILES string of the molecule is Cc1ccc(NC(=O)c2ccn(C)c(=O)c2)cc1S(=O)(=O)Nc1cccc(Cl)c1. The Morgan fingerprint density at radius 1 is 1.03 bits per heavy atom. The van der Waals surface area contributed by atoms with Crippen molar-refractivity contribution in [2.24, 2.45) is 7.05 Å². The van der Waals surface area contributed by atoms with Gasteiger partial charge in [0.25, 0.3) is 21.5 Å². The largest absolute Gasteiger partial charge is 0.322 e. The van der Waals surface area contributed by atoms with E-state index in [4.69, 9.17) is 11.6 Å². The van der Waals surface area contributed by atoms with E-state index in [1.807, 2.05) is 0 Å². The van der Waals surface area contributed by atoms with E-state index < -0.39 is 15.9 Å². The number of nitrogens with zero attached hydrogens (tertiary/aromatic N) is 1. The highest BCUT2D eigenvalue weighted by molar-refractivity contribution is 7.92. The maximum Gasteiger partial charge on any atom is 0.262 e. The van der Waals surface area contributed by atoms with Gasteiger partial charge in [0.1, 0.15) is 0 Å².